The summed E-state index contributed by atoms with van der Waals surface area (Å²) >= 11 is 0. The van der Waals surface area contributed by atoms with E-state index in [0.717, 1.165) is 31.0 Å². The van der Waals surface area contributed by atoms with Crippen LogP contribution in [0.1, 0.15) is 30.0 Å². The van der Waals surface area contributed by atoms with Crippen molar-refractivity contribution in [1.29, 1.82) is 0 Å². The van der Waals surface area contributed by atoms with Gasteiger partial charge in [-0.3, -0.25) is 9.88 Å². The molecule has 1 aliphatic heterocycles. The molecule has 3 rings (SSSR count). The maximum absolute atomic E-state index is 5.58. The number of hydrogen-bond donors (Lipinski definition) is 0. The minimum Gasteiger partial charge on any atom is -0.497 e. The van der Waals surface area contributed by atoms with Crippen molar-refractivity contribution in [2.45, 2.75) is 25.4 Å². The molecule has 1 saturated heterocycles. The van der Waals surface area contributed by atoms with Gasteiger partial charge in [-0.05, 0) is 37.1 Å². The Bertz CT molecular complexity index is 616. The van der Waals surface area contributed by atoms with Crippen LogP contribution in [0.2, 0.25) is 0 Å². The van der Waals surface area contributed by atoms with Gasteiger partial charge in [-0.1, -0.05) is 12.1 Å². The largest absolute Gasteiger partial charge is 0.497 e. The van der Waals surface area contributed by atoms with Crippen LogP contribution in [0.5, 0.6) is 11.5 Å². The Balaban J connectivity index is 1.83. The first-order valence-corrected chi connectivity index (χ1v) is 7.66. The molecule has 0 bridgehead atoms. The second-order valence-electron chi connectivity index (χ2n) is 5.60. The van der Waals surface area contributed by atoms with Crippen molar-refractivity contribution < 1.29 is 9.47 Å². The molecule has 2 aromatic rings. The second kappa shape index (κ2) is 6.79. The topological polar surface area (TPSA) is 34.6 Å². The van der Waals surface area contributed by atoms with Gasteiger partial charge < -0.3 is 9.47 Å². The smallest absolute Gasteiger partial charge is 0.127 e. The molecule has 0 saturated carbocycles. The number of ether oxygens (including phenoxy) is 2. The Morgan fingerprint density at radius 3 is 2.86 bits per heavy atom. The number of rotatable bonds is 5. The van der Waals surface area contributed by atoms with Crippen LogP contribution in [-0.2, 0) is 6.54 Å². The van der Waals surface area contributed by atoms with Crippen LogP contribution in [0.4, 0.5) is 0 Å². The zero-order valence-electron chi connectivity index (χ0n) is 13.2. The first-order valence-electron chi connectivity index (χ1n) is 7.66. The van der Waals surface area contributed by atoms with Gasteiger partial charge in [-0.25, -0.2) is 0 Å². The summed E-state index contributed by atoms with van der Waals surface area (Å²) < 4.78 is 10.9. The van der Waals surface area contributed by atoms with Crippen LogP contribution in [-0.4, -0.2) is 30.6 Å². The first-order chi connectivity index (χ1) is 10.8. The zero-order chi connectivity index (χ0) is 15.4. The Hall–Kier alpha value is -2.07. The summed E-state index contributed by atoms with van der Waals surface area (Å²) in [6, 6.07) is 10.6. The molecule has 4 heteroatoms. The number of aromatic nitrogens is 1. The highest BCUT2D eigenvalue weighted by Gasteiger charge is 2.28. The van der Waals surface area contributed by atoms with E-state index in [1.165, 1.54) is 17.5 Å². The molecule has 1 unspecified atom stereocenters. The summed E-state index contributed by atoms with van der Waals surface area (Å²) in [7, 11) is 3.40. The Kier molecular flexibility index (Phi) is 4.59. The van der Waals surface area contributed by atoms with Crippen molar-refractivity contribution in [2.75, 3.05) is 20.8 Å². The van der Waals surface area contributed by atoms with Crippen molar-refractivity contribution in [3.8, 4) is 11.5 Å². The van der Waals surface area contributed by atoms with Crippen molar-refractivity contribution in [2.24, 2.45) is 0 Å². The summed E-state index contributed by atoms with van der Waals surface area (Å²) in [5.41, 5.74) is 2.49. The number of hydrogen-bond acceptors (Lipinski definition) is 4. The summed E-state index contributed by atoms with van der Waals surface area (Å²) in [5, 5.41) is 0. The fourth-order valence-electron chi connectivity index (χ4n) is 3.19. The standard InChI is InChI=1S/C18H22N2O2/c1-21-15-7-8-16(18(11-15)22-2)17-6-4-10-20(17)13-14-5-3-9-19-12-14/h3,5,7-9,11-12,17H,4,6,10,13H2,1-2H3. The van der Waals surface area contributed by atoms with E-state index in [-0.39, 0.29) is 0 Å². The molecule has 2 heterocycles. The predicted molar refractivity (Wildman–Crippen MR) is 86.2 cm³/mol. The van der Waals surface area contributed by atoms with Gasteiger partial charge in [0.25, 0.3) is 0 Å². The molecule has 1 atom stereocenters. The zero-order valence-corrected chi connectivity index (χ0v) is 13.2. The molecule has 22 heavy (non-hydrogen) atoms. The lowest BCUT2D eigenvalue weighted by Crippen LogP contribution is -2.23. The molecule has 1 aliphatic rings. The highest BCUT2D eigenvalue weighted by atomic mass is 16.5. The van der Waals surface area contributed by atoms with Crippen LogP contribution in [0.3, 0.4) is 0 Å². The number of nitrogens with zero attached hydrogens (tertiary/aromatic N) is 2. The average molecular weight is 298 g/mol. The molecule has 0 spiro atoms. The van der Waals surface area contributed by atoms with Crippen molar-refractivity contribution >= 4 is 0 Å². The molecule has 1 aromatic heterocycles. The van der Waals surface area contributed by atoms with Gasteiger partial charge in [0.05, 0.1) is 14.2 Å². The molecule has 0 aliphatic carbocycles. The number of likely N-dealkylation sites (tertiary alicyclic amines) is 1. The lowest BCUT2D eigenvalue weighted by Gasteiger charge is -2.26. The van der Waals surface area contributed by atoms with Gasteiger partial charge in [-0.15, -0.1) is 0 Å². The van der Waals surface area contributed by atoms with Gasteiger partial charge in [0, 0.05) is 36.6 Å². The molecule has 116 valence electrons. The summed E-state index contributed by atoms with van der Waals surface area (Å²) in [6.07, 6.45) is 6.13. The SMILES string of the molecule is COc1ccc(C2CCCN2Cc2cccnc2)c(OC)c1. The van der Waals surface area contributed by atoms with Crippen LogP contribution in [0.25, 0.3) is 0 Å². The van der Waals surface area contributed by atoms with Gasteiger partial charge in [0.1, 0.15) is 11.5 Å². The first kappa shape index (κ1) is 14.9. The molecular weight excluding hydrogens is 276 g/mol. The van der Waals surface area contributed by atoms with Gasteiger partial charge >= 0.3 is 0 Å². The third-order valence-corrected chi connectivity index (χ3v) is 4.27. The Morgan fingerprint density at radius 1 is 1.23 bits per heavy atom. The van der Waals surface area contributed by atoms with E-state index in [1.807, 2.05) is 30.6 Å². The Labute approximate surface area is 131 Å². The number of benzene rings is 1. The molecule has 0 N–H and O–H groups in total. The molecule has 0 radical (unpaired) electrons. The summed E-state index contributed by atoms with van der Waals surface area (Å²) in [4.78, 5) is 6.71. The van der Waals surface area contributed by atoms with Gasteiger partial charge in [0.15, 0.2) is 0 Å². The summed E-state index contributed by atoms with van der Waals surface area (Å²) in [6.45, 7) is 2.03. The van der Waals surface area contributed by atoms with Crippen LogP contribution in [0, 0.1) is 0 Å². The van der Waals surface area contributed by atoms with E-state index >= 15 is 0 Å². The minimum atomic E-state index is 0.390. The fourth-order valence-corrected chi connectivity index (χ4v) is 3.19. The minimum absolute atomic E-state index is 0.390. The van der Waals surface area contributed by atoms with Gasteiger partial charge in [-0.2, -0.15) is 0 Å². The third kappa shape index (κ3) is 3.07. The van der Waals surface area contributed by atoms with E-state index in [0.29, 0.717) is 6.04 Å². The lowest BCUT2D eigenvalue weighted by atomic mass is 10.0. The van der Waals surface area contributed by atoms with Crippen LogP contribution >= 0.6 is 0 Å². The number of methoxy groups -OCH3 is 2. The highest BCUT2D eigenvalue weighted by molar-refractivity contribution is 5.43. The van der Waals surface area contributed by atoms with E-state index in [1.54, 1.807) is 14.2 Å². The van der Waals surface area contributed by atoms with Crippen molar-refractivity contribution in [3.63, 3.8) is 0 Å². The molecular formula is C18H22N2O2. The third-order valence-electron chi connectivity index (χ3n) is 4.27. The van der Waals surface area contributed by atoms with E-state index in [2.05, 4.69) is 22.0 Å². The predicted octanol–water partition coefficient (Wildman–Crippen LogP) is 3.44. The maximum Gasteiger partial charge on any atom is 0.127 e. The Morgan fingerprint density at radius 2 is 2.14 bits per heavy atom. The van der Waals surface area contributed by atoms with E-state index in [4.69, 9.17) is 9.47 Å². The van der Waals surface area contributed by atoms with Crippen LogP contribution in [0.15, 0.2) is 42.7 Å². The molecule has 1 fully saturated rings. The monoisotopic (exact) mass is 298 g/mol. The maximum atomic E-state index is 5.58. The second-order valence-corrected chi connectivity index (χ2v) is 5.60. The van der Waals surface area contributed by atoms with Crippen molar-refractivity contribution in [3.05, 3.63) is 53.9 Å². The fraction of sp³-hybridized carbons (Fsp3) is 0.389. The summed E-state index contributed by atoms with van der Waals surface area (Å²) in [5.74, 6) is 1.74. The molecule has 4 nitrogen and oxygen atoms in total. The lowest BCUT2D eigenvalue weighted by molar-refractivity contribution is 0.242. The van der Waals surface area contributed by atoms with Crippen LogP contribution < -0.4 is 9.47 Å². The number of pyridine rings is 1. The van der Waals surface area contributed by atoms with E-state index in [9.17, 15) is 0 Å². The normalized spacial score (nSPS) is 18.4. The van der Waals surface area contributed by atoms with Crippen molar-refractivity contribution in [1.82, 2.24) is 9.88 Å². The van der Waals surface area contributed by atoms with E-state index < -0.39 is 0 Å². The van der Waals surface area contributed by atoms with Gasteiger partial charge in [0.2, 0.25) is 0 Å². The molecule has 0 amide bonds. The molecule has 1 aromatic carbocycles. The average Bonchev–Trinajstić information content (AvgIpc) is 3.03. The quantitative estimate of drug-likeness (QED) is 0.847. The highest BCUT2D eigenvalue weighted by Crippen LogP contribution is 2.39.